The summed E-state index contributed by atoms with van der Waals surface area (Å²) < 4.78 is 0. The minimum absolute atomic E-state index is 0.0887. The van der Waals surface area contributed by atoms with Gasteiger partial charge in [0.15, 0.2) is 5.78 Å². The van der Waals surface area contributed by atoms with Gasteiger partial charge in [0.2, 0.25) is 0 Å². The first-order chi connectivity index (χ1) is 7.04. The highest BCUT2D eigenvalue weighted by Crippen LogP contribution is 2.20. The molecule has 1 aromatic heterocycles. The van der Waals surface area contributed by atoms with Gasteiger partial charge in [-0.05, 0) is 27.0 Å². The molecule has 0 radical (unpaired) electrons. The highest BCUT2D eigenvalue weighted by atomic mass is 32.1. The number of likely N-dealkylation sites (N-methyl/N-ethyl adjacent to an activating group) is 1. The molecule has 0 amide bonds. The van der Waals surface area contributed by atoms with Crippen LogP contribution in [0, 0.1) is 13.8 Å². The molecule has 0 aromatic carbocycles. The second kappa shape index (κ2) is 5.39. The standard InChI is InChI=1S/C11H17NO2S/c1-8-6-10(9(2)15-8)11(14)7-12(3)4-5-13/h6,13H,4-5,7H2,1-3H3. The number of rotatable bonds is 5. The van der Waals surface area contributed by atoms with Crippen molar-refractivity contribution in [3.63, 3.8) is 0 Å². The quantitative estimate of drug-likeness (QED) is 0.774. The Morgan fingerprint density at radius 1 is 1.53 bits per heavy atom. The van der Waals surface area contributed by atoms with Crippen molar-refractivity contribution in [2.75, 3.05) is 26.7 Å². The first-order valence-corrected chi connectivity index (χ1v) is 5.76. The number of thiophene rings is 1. The zero-order valence-corrected chi connectivity index (χ0v) is 10.2. The van der Waals surface area contributed by atoms with Crippen molar-refractivity contribution in [1.29, 1.82) is 0 Å². The average molecular weight is 227 g/mol. The smallest absolute Gasteiger partial charge is 0.177 e. The number of nitrogens with zero attached hydrogens (tertiary/aromatic N) is 1. The molecule has 0 atom stereocenters. The van der Waals surface area contributed by atoms with Gasteiger partial charge >= 0.3 is 0 Å². The van der Waals surface area contributed by atoms with E-state index in [0.717, 1.165) is 10.4 Å². The van der Waals surface area contributed by atoms with Crippen LogP contribution in [0.15, 0.2) is 6.07 Å². The number of Topliss-reactive ketones (excluding diaryl/α,β-unsaturated/α-hetero) is 1. The number of carbonyl (C=O) groups excluding carboxylic acids is 1. The Morgan fingerprint density at radius 2 is 2.20 bits per heavy atom. The van der Waals surface area contributed by atoms with Crippen LogP contribution in [0.4, 0.5) is 0 Å². The largest absolute Gasteiger partial charge is 0.395 e. The van der Waals surface area contributed by atoms with Gasteiger partial charge in [-0.3, -0.25) is 9.69 Å². The van der Waals surface area contributed by atoms with Crippen molar-refractivity contribution in [2.45, 2.75) is 13.8 Å². The van der Waals surface area contributed by atoms with Crippen molar-refractivity contribution in [3.05, 3.63) is 21.4 Å². The lowest BCUT2D eigenvalue weighted by Crippen LogP contribution is -2.28. The molecule has 0 saturated heterocycles. The van der Waals surface area contributed by atoms with E-state index in [1.165, 1.54) is 4.88 Å². The molecule has 4 heteroatoms. The van der Waals surface area contributed by atoms with Crippen molar-refractivity contribution in [1.82, 2.24) is 4.90 Å². The third-order valence-corrected chi connectivity index (χ3v) is 3.20. The molecule has 0 aliphatic rings. The van der Waals surface area contributed by atoms with Crippen LogP contribution in [-0.4, -0.2) is 42.5 Å². The van der Waals surface area contributed by atoms with Crippen LogP contribution >= 0.6 is 11.3 Å². The number of hydrogen-bond acceptors (Lipinski definition) is 4. The highest BCUT2D eigenvalue weighted by molar-refractivity contribution is 7.12. The summed E-state index contributed by atoms with van der Waals surface area (Å²) in [7, 11) is 1.84. The van der Waals surface area contributed by atoms with Gasteiger partial charge in [0.05, 0.1) is 13.2 Å². The van der Waals surface area contributed by atoms with Crippen LogP contribution in [-0.2, 0) is 0 Å². The summed E-state index contributed by atoms with van der Waals surface area (Å²) in [6.45, 7) is 4.97. The number of aryl methyl sites for hydroxylation is 2. The predicted octanol–water partition coefficient (Wildman–Crippen LogP) is 1.47. The molecular formula is C11H17NO2S. The third kappa shape index (κ3) is 3.41. The summed E-state index contributed by atoms with van der Waals surface area (Å²) in [4.78, 5) is 15.9. The zero-order chi connectivity index (χ0) is 11.4. The van der Waals surface area contributed by atoms with E-state index in [0.29, 0.717) is 13.1 Å². The van der Waals surface area contributed by atoms with E-state index in [-0.39, 0.29) is 12.4 Å². The molecule has 0 saturated carbocycles. The molecule has 15 heavy (non-hydrogen) atoms. The Balaban J connectivity index is 2.65. The monoisotopic (exact) mass is 227 g/mol. The fraction of sp³-hybridized carbons (Fsp3) is 0.545. The Labute approximate surface area is 94.3 Å². The van der Waals surface area contributed by atoms with Gasteiger partial charge < -0.3 is 5.11 Å². The molecule has 1 N–H and O–H groups in total. The molecule has 1 aromatic rings. The van der Waals surface area contributed by atoms with Crippen LogP contribution in [0.25, 0.3) is 0 Å². The van der Waals surface area contributed by atoms with Crippen molar-refractivity contribution in [3.8, 4) is 0 Å². The van der Waals surface area contributed by atoms with Crippen molar-refractivity contribution < 1.29 is 9.90 Å². The van der Waals surface area contributed by atoms with E-state index < -0.39 is 0 Å². The minimum atomic E-state index is 0.0887. The number of carbonyl (C=O) groups is 1. The molecule has 0 bridgehead atoms. The molecule has 1 rings (SSSR count). The summed E-state index contributed by atoms with van der Waals surface area (Å²) in [6.07, 6.45) is 0. The first-order valence-electron chi connectivity index (χ1n) is 4.94. The van der Waals surface area contributed by atoms with Crippen LogP contribution in [0.1, 0.15) is 20.1 Å². The second-order valence-electron chi connectivity index (χ2n) is 3.71. The third-order valence-electron chi connectivity index (χ3n) is 2.24. The van der Waals surface area contributed by atoms with Crippen LogP contribution in [0.3, 0.4) is 0 Å². The summed E-state index contributed by atoms with van der Waals surface area (Å²) in [5.74, 6) is 0.132. The van der Waals surface area contributed by atoms with E-state index in [4.69, 9.17) is 5.11 Å². The number of aliphatic hydroxyl groups excluding tert-OH is 1. The number of aliphatic hydroxyl groups is 1. The maximum atomic E-state index is 11.8. The molecule has 84 valence electrons. The Morgan fingerprint density at radius 3 is 2.67 bits per heavy atom. The van der Waals surface area contributed by atoms with E-state index in [9.17, 15) is 4.79 Å². The minimum Gasteiger partial charge on any atom is -0.395 e. The zero-order valence-electron chi connectivity index (χ0n) is 9.41. The Bertz CT molecular complexity index is 346. The van der Waals surface area contributed by atoms with Crippen molar-refractivity contribution >= 4 is 17.1 Å². The lowest BCUT2D eigenvalue weighted by Gasteiger charge is -2.13. The maximum absolute atomic E-state index is 11.8. The Kier molecular flexibility index (Phi) is 4.45. The summed E-state index contributed by atoms with van der Waals surface area (Å²) in [5.41, 5.74) is 0.822. The van der Waals surface area contributed by atoms with Crippen LogP contribution in [0.2, 0.25) is 0 Å². The molecule has 0 aliphatic heterocycles. The van der Waals surface area contributed by atoms with Gasteiger partial charge in [-0.2, -0.15) is 0 Å². The van der Waals surface area contributed by atoms with Gasteiger partial charge in [0.1, 0.15) is 0 Å². The summed E-state index contributed by atoms with van der Waals surface area (Å²) in [6, 6.07) is 1.94. The van der Waals surface area contributed by atoms with E-state index in [1.54, 1.807) is 11.3 Å². The molecule has 1 heterocycles. The molecule has 3 nitrogen and oxygen atoms in total. The number of hydrogen-bond donors (Lipinski definition) is 1. The first kappa shape index (κ1) is 12.4. The lowest BCUT2D eigenvalue weighted by molar-refractivity contribution is 0.0935. The molecule has 0 fully saturated rings. The summed E-state index contributed by atoms with van der Waals surface area (Å²) in [5, 5.41) is 8.73. The molecular weight excluding hydrogens is 210 g/mol. The molecule has 0 unspecified atom stereocenters. The summed E-state index contributed by atoms with van der Waals surface area (Å²) >= 11 is 1.65. The topological polar surface area (TPSA) is 40.5 Å². The fourth-order valence-corrected chi connectivity index (χ4v) is 2.43. The van der Waals surface area contributed by atoms with Gasteiger partial charge in [-0.15, -0.1) is 11.3 Å². The average Bonchev–Trinajstić information content (AvgIpc) is 2.45. The highest BCUT2D eigenvalue weighted by Gasteiger charge is 2.13. The number of ketones is 1. The SMILES string of the molecule is Cc1cc(C(=O)CN(C)CCO)c(C)s1. The van der Waals surface area contributed by atoms with E-state index >= 15 is 0 Å². The van der Waals surface area contributed by atoms with Gasteiger partial charge in [0, 0.05) is 21.9 Å². The van der Waals surface area contributed by atoms with Crippen LogP contribution < -0.4 is 0 Å². The normalized spacial score (nSPS) is 11.0. The van der Waals surface area contributed by atoms with Crippen molar-refractivity contribution in [2.24, 2.45) is 0 Å². The predicted molar refractivity (Wildman–Crippen MR) is 62.7 cm³/mol. The van der Waals surface area contributed by atoms with Crippen LogP contribution in [0.5, 0.6) is 0 Å². The van der Waals surface area contributed by atoms with Gasteiger partial charge in [0.25, 0.3) is 0 Å². The Hall–Kier alpha value is -0.710. The van der Waals surface area contributed by atoms with Gasteiger partial charge in [-0.25, -0.2) is 0 Å². The fourth-order valence-electron chi connectivity index (χ4n) is 1.49. The maximum Gasteiger partial charge on any atom is 0.177 e. The molecule has 0 spiro atoms. The molecule has 0 aliphatic carbocycles. The van der Waals surface area contributed by atoms with E-state index in [1.807, 2.05) is 31.9 Å². The van der Waals surface area contributed by atoms with E-state index in [2.05, 4.69) is 0 Å². The van der Waals surface area contributed by atoms with Gasteiger partial charge in [-0.1, -0.05) is 0 Å². The lowest BCUT2D eigenvalue weighted by atomic mass is 10.1. The second-order valence-corrected chi connectivity index (χ2v) is 5.17.